The molecule has 3 nitrogen and oxygen atoms in total. The van der Waals surface area contributed by atoms with Crippen molar-refractivity contribution in [2.24, 2.45) is 0 Å². The molecule has 0 radical (unpaired) electrons. The highest BCUT2D eigenvalue weighted by atomic mass is 79.9. The third-order valence-corrected chi connectivity index (χ3v) is 3.57. The zero-order valence-corrected chi connectivity index (χ0v) is 12.4. The third-order valence-electron chi connectivity index (χ3n) is 3.04. The lowest BCUT2D eigenvalue weighted by Crippen LogP contribution is -2.31. The van der Waals surface area contributed by atoms with Gasteiger partial charge in [-0.05, 0) is 43.2 Å². The maximum atomic E-state index is 9.02. The van der Waals surface area contributed by atoms with Crippen molar-refractivity contribution in [3.05, 3.63) is 58.5 Å². The second-order valence-corrected chi connectivity index (χ2v) is 5.50. The first-order valence-electron chi connectivity index (χ1n) is 6.36. The Balaban J connectivity index is 2.22. The van der Waals surface area contributed by atoms with E-state index in [0.717, 1.165) is 15.8 Å². The van der Waals surface area contributed by atoms with E-state index in [1.807, 2.05) is 24.3 Å². The average molecular weight is 324 g/mol. The maximum Gasteiger partial charge on any atom is 0.125 e. The van der Waals surface area contributed by atoms with Crippen LogP contribution in [-0.4, -0.2) is 17.8 Å². The van der Waals surface area contributed by atoms with Gasteiger partial charge in [0, 0.05) is 17.1 Å². The molecule has 0 spiro atoms. The molecule has 0 amide bonds. The number of benzene rings is 1. The summed E-state index contributed by atoms with van der Waals surface area (Å²) in [5.41, 5.74) is 1.14. The molecule has 2 N–H and O–H groups in total. The van der Waals surface area contributed by atoms with Gasteiger partial charge in [0.05, 0.1) is 12.3 Å². The van der Waals surface area contributed by atoms with Crippen LogP contribution < -0.4 is 5.32 Å². The fourth-order valence-electron chi connectivity index (χ4n) is 2.01. The van der Waals surface area contributed by atoms with E-state index in [1.165, 1.54) is 0 Å². The molecule has 0 unspecified atom stereocenters. The van der Waals surface area contributed by atoms with Gasteiger partial charge in [0.25, 0.3) is 0 Å². The fraction of sp³-hybridized carbons (Fsp3) is 0.333. The molecule has 2 rings (SSSR count). The zero-order chi connectivity index (χ0) is 13.7. The SMILES string of the molecule is C[C@@H](CCO)N[C@@H](c1ccc(Br)cc1)c1ccco1. The maximum absolute atomic E-state index is 9.02. The standard InChI is InChI=1S/C15H18BrNO2/c1-11(8-9-18)17-15(14-3-2-10-19-14)12-4-6-13(16)7-5-12/h2-7,10-11,15,17-18H,8-9H2,1H3/t11-,15-/m0/s1. The van der Waals surface area contributed by atoms with Crippen molar-refractivity contribution in [3.63, 3.8) is 0 Å². The summed E-state index contributed by atoms with van der Waals surface area (Å²) < 4.78 is 6.58. The molecule has 0 aliphatic carbocycles. The number of aliphatic hydroxyl groups is 1. The Morgan fingerprint density at radius 3 is 2.58 bits per heavy atom. The summed E-state index contributed by atoms with van der Waals surface area (Å²) >= 11 is 3.44. The van der Waals surface area contributed by atoms with E-state index in [2.05, 4.69) is 40.3 Å². The van der Waals surface area contributed by atoms with E-state index in [0.29, 0.717) is 6.42 Å². The van der Waals surface area contributed by atoms with Gasteiger partial charge in [-0.15, -0.1) is 0 Å². The second kappa shape index (κ2) is 6.89. The van der Waals surface area contributed by atoms with E-state index in [9.17, 15) is 0 Å². The number of hydrogen-bond acceptors (Lipinski definition) is 3. The Bertz CT molecular complexity index is 481. The molecule has 4 heteroatoms. The minimum Gasteiger partial charge on any atom is -0.467 e. The summed E-state index contributed by atoms with van der Waals surface area (Å²) in [6.07, 6.45) is 2.40. The minimum atomic E-state index is 0.00431. The van der Waals surface area contributed by atoms with Gasteiger partial charge in [-0.25, -0.2) is 0 Å². The summed E-state index contributed by atoms with van der Waals surface area (Å²) in [7, 11) is 0. The van der Waals surface area contributed by atoms with Crippen LogP contribution in [-0.2, 0) is 0 Å². The highest BCUT2D eigenvalue weighted by Crippen LogP contribution is 2.24. The normalized spacial score (nSPS) is 14.3. The van der Waals surface area contributed by atoms with Crippen molar-refractivity contribution in [3.8, 4) is 0 Å². The molecule has 102 valence electrons. The topological polar surface area (TPSA) is 45.4 Å². The molecule has 1 heterocycles. The molecule has 1 aromatic heterocycles. The molecule has 0 fully saturated rings. The van der Waals surface area contributed by atoms with Crippen molar-refractivity contribution in [2.45, 2.75) is 25.4 Å². The van der Waals surface area contributed by atoms with Gasteiger partial charge >= 0.3 is 0 Å². The summed E-state index contributed by atoms with van der Waals surface area (Å²) in [6.45, 7) is 2.24. The molecular formula is C15H18BrNO2. The van der Waals surface area contributed by atoms with Crippen LogP contribution in [0.1, 0.15) is 30.7 Å². The quantitative estimate of drug-likeness (QED) is 0.855. The highest BCUT2D eigenvalue weighted by molar-refractivity contribution is 9.10. The summed E-state index contributed by atoms with van der Waals surface area (Å²) in [5, 5.41) is 12.5. The molecule has 0 bridgehead atoms. The average Bonchev–Trinajstić information content (AvgIpc) is 2.91. The van der Waals surface area contributed by atoms with E-state index < -0.39 is 0 Å². The van der Waals surface area contributed by atoms with Crippen LogP contribution in [0.4, 0.5) is 0 Å². The van der Waals surface area contributed by atoms with Crippen LogP contribution >= 0.6 is 15.9 Å². The van der Waals surface area contributed by atoms with Gasteiger partial charge in [0.15, 0.2) is 0 Å². The Labute approximate surface area is 121 Å². The Kier molecular flexibility index (Phi) is 5.19. The third kappa shape index (κ3) is 3.93. The van der Waals surface area contributed by atoms with Crippen LogP contribution in [0.3, 0.4) is 0 Å². The van der Waals surface area contributed by atoms with E-state index in [4.69, 9.17) is 9.52 Å². The molecule has 1 aromatic carbocycles. The fourth-order valence-corrected chi connectivity index (χ4v) is 2.28. The highest BCUT2D eigenvalue weighted by Gasteiger charge is 2.18. The second-order valence-electron chi connectivity index (χ2n) is 4.58. The van der Waals surface area contributed by atoms with Gasteiger partial charge in [-0.2, -0.15) is 0 Å². The van der Waals surface area contributed by atoms with Gasteiger partial charge < -0.3 is 14.8 Å². The smallest absolute Gasteiger partial charge is 0.125 e. The number of furan rings is 1. The number of nitrogens with one attached hydrogen (secondary N) is 1. The van der Waals surface area contributed by atoms with Crippen LogP contribution in [0.25, 0.3) is 0 Å². The zero-order valence-electron chi connectivity index (χ0n) is 10.8. The number of rotatable bonds is 6. The first-order valence-corrected chi connectivity index (χ1v) is 7.16. The summed E-state index contributed by atoms with van der Waals surface area (Å²) in [6, 6.07) is 12.2. The predicted molar refractivity (Wildman–Crippen MR) is 79.0 cm³/mol. The molecule has 2 aromatic rings. The lowest BCUT2D eigenvalue weighted by atomic mass is 10.0. The largest absolute Gasteiger partial charge is 0.467 e. The van der Waals surface area contributed by atoms with E-state index in [-0.39, 0.29) is 18.7 Å². The first-order chi connectivity index (χ1) is 9.20. The number of halogens is 1. The van der Waals surface area contributed by atoms with Gasteiger partial charge in [0.1, 0.15) is 5.76 Å². The van der Waals surface area contributed by atoms with Crippen LogP contribution in [0.2, 0.25) is 0 Å². The molecule has 19 heavy (non-hydrogen) atoms. The predicted octanol–water partition coefficient (Wildman–Crippen LogP) is 3.49. The van der Waals surface area contributed by atoms with Crippen LogP contribution in [0.5, 0.6) is 0 Å². The minimum absolute atomic E-state index is 0.00431. The molecule has 0 aliphatic heterocycles. The van der Waals surface area contributed by atoms with Gasteiger partial charge in [0.2, 0.25) is 0 Å². The Morgan fingerprint density at radius 2 is 2.00 bits per heavy atom. The Morgan fingerprint density at radius 1 is 1.26 bits per heavy atom. The molecule has 2 atom stereocenters. The van der Waals surface area contributed by atoms with Crippen molar-refractivity contribution < 1.29 is 9.52 Å². The van der Waals surface area contributed by atoms with Crippen LogP contribution in [0.15, 0.2) is 51.6 Å². The molecule has 0 saturated heterocycles. The Hall–Kier alpha value is -1.10. The number of aliphatic hydroxyl groups excluding tert-OH is 1. The van der Waals surface area contributed by atoms with Crippen molar-refractivity contribution in [2.75, 3.05) is 6.61 Å². The first kappa shape index (κ1) is 14.3. The van der Waals surface area contributed by atoms with E-state index >= 15 is 0 Å². The van der Waals surface area contributed by atoms with Crippen LogP contribution in [0, 0.1) is 0 Å². The summed E-state index contributed by atoms with van der Waals surface area (Å²) in [4.78, 5) is 0. The van der Waals surface area contributed by atoms with Crippen molar-refractivity contribution in [1.82, 2.24) is 5.32 Å². The van der Waals surface area contributed by atoms with E-state index in [1.54, 1.807) is 6.26 Å². The number of hydrogen-bond donors (Lipinski definition) is 2. The molecule has 0 saturated carbocycles. The van der Waals surface area contributed by atoms with Crippen molar-refractivity contribution in [1.29, 1.82) is 0 Å². The molecular weight excluding hydrogens is 306 g/mol. The van der Waals surface area contributed by atoms with Gasteiger partial charge in [-0.3, -0.25) is 0 Å². The summed E-state index contributed by atoms with van der Waals surface area (Å²) in [5.74, 6) is 0.882. The van der Waals surface area contributed by atoms with Gasteiger partial charge in [-0.1, -0.05) is 28.1 Å². The van der Waals surface area contributed by atoms with Crippen molar-refractivity contribution >= 4 is 15.9 Å². The molecule has 0 aliphatic rings. The lowest BCUT2D eigenvalue weighted by Gasteiger charge is -2.22. The monoisotopic (exact) mass is 323 g/mol. The lowest BCUT2D eigenvalue weighted by molar-refractivity contribution is 0.263.